The highest BCUT2D eigenvalue weighted by Crippen LogP contribution is 2.38. The van der Waals surface area contributed by atoms with Gasteiger partial charge in [-0.1, -0.05) is 18.6 Å². The number of nitrogens with zero attached hydrogens (tertiary/aromatic N) is 2. The molecule has 1 N–H and O–H groups in total. The van der Waals surface area contributed by atoms with Crippen molar-refractivity contribution in [2.24, 2.45) is 0 Å². The fraction of sp³-hybridized carbons (Fsp3) is 0.400. The Bertz CT molecular complexity index is 1290. The summed E-state index contributed by atoms with van der Waals surface area (Å²) < 4.78 is 1.63. The van der Waals surface area contributed by atoms with Gasteiger partial charge in [-0.25, -0.2) is 0 Å². The summed E-state index contributed by atoms with van der Waals surface area (Å²) in [5.41, 5.74) is 5.33. The number of nitrogens with one attached hydrogen (secondary N) is 1. The first-order chi connectivity index (χ1) is 14.8. The number of nitriles is 1. The number of pyridine rings is 1. The van der Waals surface area contributed by atoms with Crippen LogP contribution in [0.4, 0.5) is 5.00 Å². The Balaban J connectivity index is 1.80. The van der Waals surface area contributed by atoms with Gasteiger partial charge in [-0.3, -0.25) is 14.2 Å². The molecule has 2 aromatic heterocycles. The minimum Gasteiger partial charge on any atom is -0.315 e. The number of hydrogen-bond donors (Lipinski definition) is 1. The van der Waals surface area contributed by atoms with Crippen molar-refractivity contribution < 1.29 is 4.79 Å². The maximum atomic E-state index is 13.4. The Kier molecular flexibility index (Phi) is 5.72. The molecule has 0 bridgehead atoms. The number of aromatic nitrogens is 1. The maximum absolute atomic E-state index is 13.4. The second-order valence-corrected chi connectivity index (χ2v) is 9.56. The molecule has 1 aromatic carbocycles. The van der Waals surface area contributed by atoms with Gasteiger partial charge in [0.2, 0.25) is 5.91 Å². The highest BCUT2D eigenvalue weighted by atomic mass is 32.1. The number of aryl methyl sites for hydroxylation is 4. The van der Waals surface area contributed by atoms with E-state index in [1.54, 1.807) is 10.6 Å². The topological polar surface area (TPSA) is 74.9 Å². The van der Waals surface area contributed by atoms with Crippen LogP contribution in [0.5, 0.6) is 0 Å². The molecule has 0 saturated heterocycles. The molecule has 0 spiro atoms. The third-order valence-corrected chi connectivity index (χ3v) is 7.42. The zero-order chi connectivity index (χ0) is 22.3. The van der Waals surface area contributed by atoms with Crippen LogP contribution in [0.1, 0.15) is 64.9 Å². The third-order valence-electron chi connectivity index (χ3n) is 6.21. The van der Waals surface area contributed by atoms with Crippen molar-refractivity contribution in [1.29, 1.82) is 5.26 Å². The lowest BCUT2D eigenvalue weighted by Crippen LogP contribution is -2.33. The Hall–Kier alpha value is -2.91. The first-order valence-corrected chi connectivity index (χ1v) is 11.7. The number of rotatable bonds is 4. The summed E-state index contributed by atoms with van der Waals surface area (Å²) in [5.74, 6) is -0.246. The minimum atomic E-state index is -0.650. The maximum Gasteiger partial charge on any atom is 0.252 e. The fourth-order valence-electron chi connectivity index (χ4n) is 4.79. The summed E-state index contributed by atoms with van der Waals surface area (Å²) in [7, 11) is 0. The van der Waals surface area contributed by atoms with Crippen LogP contribution in [0.3, 0.4) is 0 Å². The van der Waals surface area contributed by atoms with Gasteiger partial charge in [0.15, 0.2) is 0 Å². The van der Waals surface area contributed by atoms with Crippen molar-refractivity contribution >= 4 is 33.1 Å². The molecular weight excluding hydrogens is 406 g/mol. The molecule has 31 heavy (non-hydrogen) atoms. The van der Waals surface area contributed by atoms with Crippen LogP contribution >= 0.6 is 11.3 Å². The molecule has 1 aliphatic carbocycles. The number of thiophene rings is 1. The fourth-order valence-corrected chi connectivity index (χ4v) is 6.03. The summed E-state index contributed by atoms with van der Waals surface area (Å²) in [6.45, 7) is 7.86. The number of carbonyl (C=O) groups is 1. The average Bonchev–Trinajstić information content (AvgIpc) is 3.07. The second kappa shape index (κ2) is 8.32. The summed E-state index contributed by atoms with van der Waals surface area (Å²) in [4.78, 5) is 27.7. The molecule has 6 heteroatoms. The smallest absolute Gasteiger partial charge is 0.252 e. The van der Waals surface area contributed by atoms with E-state index in [0.29, 0.717) is 17.0 Å². The van der Waals surface area contributed by atoms with Crippen LogP contribution in [0.25, 0.3) is 10.9 Å². The lowest BCUT2D eigenvalue weighted by Gasteiger charge is -2.22. The van der Waals surface area contributed by atoms with Crippen LogP contribution in [-0.2, 0) is 17.6 Å². The molecule has 2 heterocycles. The van der Waals surface area contributed by atoms with Crippen LogP contribution in [0, 0.1) is 32.1 Å². The first kappa shape index (κ1) is 21.3. The van der Waals surface area contributed by atoms with E-state index >= 15 is 0 Å². The molecule has 3 aromatic rings. The lowest BCUT2D eigenvalue weighted by molar-refractivity contribution is -0.119. The van der Waals surface area contributed by atoms with E-state index in [-0.39, 0.29) is 11.5 Å². The van der Waals surface area contributed by atoms with Gasteiger partial charge >= 0.3 is 0 Å². The highest BCUT2D eigenvalue weighted by Gasteiger charge is 2.27. The molecule has 0 aliphatic heterocycles. The third kappa shape index (κ3) is 3.68. The Morgan fingerprint density at radius 2 is 1.94 bits per heavy atom. The molecule has 1 amide bonds. The molecule has 160 valence electrons. The van der Waals surface area contributed by atoms with Gasteiger partial charge < -0.3 is 5.32 Å². The van der Waals surface area contributed by atoms with Crippen LogP contribution in [0.15, 0.2) is 23.0 Å². The van der Waals surface area contributed by atoms with Crippen molar-refractivity contribution in [2.45, 2.75) is 65.8 Å². The van der Waals surface area contributed by atoms with Gasteiger partial charge in [0.1, 0.15) is 17.1 Å². The van der Waals surface area contributed by atoms with Crippen LogP contribution in [0.2, 0.25) is 0 Å². The predicted molar refractivity (Wildman–Crippen MR) is 126 cm³/mol. The van der Waals surface area contributed by atoms with E-state index in [0.717, 1.165) is 58.8 Å². The zero-order valence-electron chi connectivity index (χ0n) is 18.5. The van der Waals surface area contributed by atoms with Gasteiger partial charge in [-0.15, -0.1) is 11.3 Å². The average molecular weight is 434 g/mol. The Morgan fingerprint density at radius 1 is 1.19 bits per heavy atom. The molecule has 1 aliphatic rings. The predicted octanol–water partition coefficient (Wildman–Crippen LogP) is 5.33. The number of amides is 1. The summed E-state index contributed by atoms with van der Waals surface area (Å²) in [6, 6.07) is 7.37. The first-order valence-electron chi connectivity index (χ1n) is 10.8. The number of anilines is 1. The summed E-state index contributed by atoms with van der Waals surface area (Å²) in [6.07, 6.45) is 4.52. The van der Waals surface area contributed by atoms with Gasteiger partial charge in [-0.05, 0) is 75.6 Å². The summed E-state index contributed by atoms with van der Waals surface area (Å²) >= 11 is 1.51. The van der Waals surface area contributed by atoms with E-state index < -0.39 is 6.04 Å². The molecule has 0 radical (unpaired) electrons. The van der Waals surface area contributed by atoms with Gasteiger partial charge in [0, 0.05) is 16.3 Å². The van der Waals surface area contributed by atoms with Crippen LogP contribution in [-0.4, -0.2) is 10.5 Å². The van der Waals surface area contributed by atoms with Gasteiger partial charge in [-0.2, -0.15) is 5.26 Å². The molecule has 0 saturated carbocycles. The Labute approximate surface area is 186 Å². The number of hydrogen-bond acceptors (Lipinski definition) is 4. The van der Waals surface area contributed by atoms with Gasteiger partial charge in [0.05, 0.1) is 11.1 Å². The standard InChI is InChI=1S/C25H27N3O2S/c1-5-20(24(30)27-25-19(13-26)17-8-6-7-9-21(17)31-25)28-22(29)12-15(3)18-11-14(2)10-16(4)23(18)28/h10-12,20H,5-9H2,1-4H3,(H,27,30). The molecule has 1 unspecified atom stereocenters. The Morgan fingerprint density at radius 3 is 2.65 bits per heavy atom. The van der Waals surface area contributed by atoms with E-state index in [1.807, 2.05) is 33.8 Å². The number of fused-ring (bicyclic) bond motifs is 2. The molecule has 4 rings (SSSR count). The second-order valence-electron chi connectivity index (χ2n) is 8.45. The van der Waals surface area contributed by atoms with E-state index in [2.05, 4.69) is 17.5 Å². The number of carbonyl (C=O) groups excluding carboxylic acids is 1. The van der Waals surface area contributed by atoms with Crippen LogP contribution < -0.4 is 10.9 Å². The van der Waals surface area contributed by atoms with Crippen molar-refractivity contribution in [1.82, 2.24) is 4.57 Å². The molecule has 1 atom stereocenters. The SMILES string of the molecule is CCC(C(=O)Nc1sc2c(c1C#N)CCCC2)n1c(=O)cc(C)c2cc(C)cc(C)c21. The normalized spacial score (nSPS) is 14.2. The molecular formula is C25H27N3O2S. The van der Waals surface area contributed by atoms with Crippen molar-refractivity contribution in [3.05, 3.63) is 61.2 Å². The van der Waals surface area contributed by atoms with Crippen molar-refractivity contribution in [2.75, 3.05) is 5.32 Å². The molecule has 5 nitrogen and oxygen atoms in total. The van der Waals surface area contributed by atoms with E-state index in [9.17, 15) is 14.9 Å². The largest absolute Gasteiger partial charge is 0.315 e. The quantitative estimate of drug-likeness (QED) is 0.604. The lowest BCUT2D eigenvalue weighted by atomic mass is 9.96. The minimum absolute atomic E-state index is 0.176. The van der Waals surface area contributed by atoms with Crippen molar-refractivity contribution in [3.8, 4) is 6.07 Å². The highest BCUT2D eigenvalue weighted by molar-refractivity contribution is 7.16. The van der Waals surface area contributed by atoms with Gasteiger partial charge in [0.25, 0.3) is 5.56 Å². The van der Waals surface area contributed by atoms with Crippen molar-refractivity contribution in [3.63, 3.8) is 0 Å². The zero-order valence-corrected chi connectivity index (χ0v) is 19.3. The van der Waals surface area contributed by atoms with E-state index in [4.69, 9.17) is 0 Å². The molecule has 0 fully saturated rings. The number of benzene rings is 1. The monoisotopic (exact) mass is 433 g/mol. The van der Waals surface area contributed by atoms with E-state index in [1.165, 1.54) is 16.2 Å². The summed E-state index contributed by atoms with van der Waals surface area (Å²) in [5, 5.41) is 14.3.